The van der Waals surface area contributed by atoms with Gasteiger partial charge >= 0.3 is 0 Å². The van der Waals surface area contributed by atoms with Crippen molar-refractivity contribution >= 4 is 52.1 Å². The number of amides is 1. The molecule has 2 rings (SSSR count). The highest BCUT2D eigenvalue weighted by Gasteiger charge is 2.30. The molecule has 1 N–H and O–H groups in total. The Hall–Kier alpha value is -0.680. The first-order valence-corrected chi connectivity index (χ1v) is 7.41. The van der Waals surface area contributed by atoms with Crippen LogP contribution in [0.2, 0.25) is 0 Å². The summed E-state index contributed by atoms with van der Waals surface area (Å²) in [5, 5.41) is 2.56. The number of nitrogens with one attached hydrogen (secondary N) is 1. The van der Waals surface area contributed by atoms with Crippen LogP contribution in [0.25, 0.3) is 0 Å². The van der Waals surface area contributed by atoms with Gasteiger partial charge in [0.15, 0.2) is 0 Å². The summed E-state index contributed by atoms with van der Waals surface area (Å²) in [6.07, 6.45) is 0. The summed E-state index contributed by atoms with van der Waals surface area (Å²) < 4.78 is -1.95. The van der Waals surface area contributed by atoms with Crippen molar-refractivity contribution in [2.75, 3.05) is 43.4 Å². The summed E-state index contributed by atoms with van der Waals surface area (Å²) in [6.45, 7) is 4.09. The molecule has 1 aliphatic heterocycles. The molecule has 0 atom stereocenters. The number of carbonyl (C=O) groups is 1. The Kier molecular flexibility index (Phi) is 5.02. The van der Waals surface area contributed by atoms with Crippen LogP contribution < -0.4 is 10.2 Å². The molecule has 0 aliphatic carbocycles. The number of rotatable bonds is 2. The number of hydrogen-bond donors (Lipinski definition) is 1. The first-order valence-electron chi connectivity index (χ1n) is 6.28. The number of piperazine rings is 1. The summed E-state index contributed by atoms with van der Waals surface area (Å²) in [5.74, 6) is -0.658. The van der Waals surface area contributed by atoms with Gasteiger partial charge in [-0.1, -0.05) is 34.8 Å². The van der Waals surface area contributed by atoms with E-state index in [-0.39, 0.29) is 0 Å². The van der Waals surface area contributed by atoms with Crippen molar-refractivity contribution in [1.29, 1.82) is 0 Å². The molecule has 0 aromatic heterocycles. The van der Waals surface area contributed by atoms with Crippen LogP contribution in [0, 0.1) is 0 Å². The number of nitrogens with zero attached hydrogens (tertiary/aromatic N) is 2. The van der Waals surface area contributed by atoms with Crippen LogP contribution in [0.3, 0.4) is 0 Å². The molecular weight excluding hydrogens is 321 g/mol. The van der Waals surface area contributed by atoms with E-state index in [9.17, 15) is 4.79 Å². The Bertz CT molecular complexity index is 465. The van der Waals surface area contributed by atoms with E-state index in [1.165, 1.54) is 0 Å². The largest absolute Gasteiger partial charge is 0.369 e. The van der Waals surface area contributed by atoms with E-state index >= 15 is 0 Å². The van der Waals surface area contributed by atoms with Gasteiger partial charge in [0.25, 0.3) is 9.70 Å². The zero-order valence-electron chi connectivity index (χ0n) is 11.1. The van der Waals surface area contributed by atoms with Crippen LogP contribution >= 0.6 is 34.8 Å². The molecule has 0 spiro atoms. The Morgan fingerprint density at radius 3 is 2.15 bits per heavy atom. The molecule has 1 heterocycles. The lowest BCUT2D eigenvalue weighted by atomic mass is 10.2. The second kappa shape index (κ2) is 6.39. The zero-order valence-corrected chi connectivity index (χ0v) is 13.3. The first-order chi connectivity index (χ1) is 9.36. The van der Waals surface area contributed by atoms with Gasteiger partial charge in [-0.2, -0.15) is 0 Å². The van der Waals surface area contributed by atoms with E-state index in [2.05, 4.69) is 22.2 Å². The van der Waals surface area contributed by atoms with E-state index in [4.69, 9.17) is 34.8 Å². The van der Waals surface area contributed by atoms with Gasteiger partial charge in [-0.25, -0.2) is 0 Å². The highest BCUT2D eigenvalue weighted by Crippen LogP contribution is 2.28. The monoisotopic (exact) mass is 335 g/mol. The van der Waals surface area contributed by atoms with Crippen molar-refractivity contribution in [3.63, 3.8) is 0 Å². The van der Waals surface area contributed by atoms with Crippen LogP contribution in [0.5, 0.6) is 0 Å². The minimum atomic E-state index is -1.95. The molecule has 0 radical (unpaired) electrons. The number of likely N-dealkylation sites (N-methyl/N-ethyl adjacent to an activating group) is 1. The van der Waals surface area contributed by atoms with Gasteiger partial charge in [0.1, 0.15) is 0 Å². The lowest BCUT2D eigenvalue weighted by Crippen LogP contribution is -2.44. The van der Waals surface area contributed by atoms with Gasteiger partial charge in [0, 0.05) is 37.6 Å². The Balaban J connectivity index is 1.98. The predicted octanol–water partition coefficient (Wildman–Crippen LogP) is 2.75. The normalized spacial score (nSPS) is 17.1. The minimum Gasteiger partial charge on any atom is -0.369 e. The quantitative estimate of drug-likeness (QED) is 0.844. The lowest BCUT2D eigenvalue weighted by Gasteiger charge is -2.34. The zero-order chi connectivity index (χ0) is 14.8. The molecule has 4 nitrogen and oxygen atoms in total. The van der Waals surface area contributed by atoms with Gasteiger partial charge in [0.05, 0.1) is 0 Å². The molecule has 1 fully saturated rings. The summed E-state index contributed by atoms with van der Waals surface area (Å²) in [6, 6.07) is 7.53. The third kappa shape index (κ3) is 4.16. The van der Waals surface area contributed by atoms with Gasteiger partial charge in [-0.15, -0.1) is 0 Å². The number of alkyl halides is 3. The molecule has 1 saturated heterocycles. The molecule has 110 valence electrons. The van der Waals surface area contributed by atoms with Gasteiger partial charge in [0.2, 0.25) is 0 Å². The van der Waals surface area contributed by atoms with E-state index in [0.29, 0.717) is 5.69 Å². The smallest absolute Gasteiger partial charge is 0.276 e. The number of carbonyl (C=O) groups excluding carboxylic acids is 1. The van der Waals surface area contributed by atoms with Crippen molar-refractivity contribution in [1.82, 2.24) is 4.90 Å². The molecule has 1 aromatic carbocycles. The molecule has 1 aliphatic rings. The molecular formula is C13H16Cl3N3O. The number of halogens is 3. The van der Waals surface area contributed by atoms with E-state index in [1.54, 1.807) is 0 Å². The van der Waals surface area contributed by atoms with Crippen molar-refractivity contribution in [3.8, 4) is 0 Å². The summed E-state index contributed by atoms with van der Waals surface area (Å²) in [5.41, 5.74) is 1.74. The Labute approximate surface area is 133 Å². The standard InChI is InChI=1S/C13H16Cl3N3O/c1-18-6-8-19(9-7-18)11-4-2-10(3-5-11)17-12(20)13(14,15)16/h2-5H,6-9H2,1H3,(H,17,20). The van der Waals surface area contributed by atoms with Crippen LogP contribution in [0.1, 0.15) is 0 Å². The van der Waals surface area contributed by atoms with Crippen LogP contribution in [-0.2, 0) is 4.79 Å². The van der Waals surface area contributed by atoms with E-state index in [1.807, 2.05) is 24.3 Å². The molecule has 0 saturated carbocycles. The van der Waals surface area contributed by atoms with Crippen LogP contribution in [0.15, 0.2) is 24.3 Å². The fourth-order valence-corrected chi connectivity index (χ4v) is 2.16. The predicted molar refractivity (Wildman–Crippen MR) is 85.1 cm³/mol. The highest BCUT2D eigenvalue weighted by atomic mass is 35.6. The van der Waals surface area contributed by atoms with E-state index < -0.39 is 9.70 Å². The third-order valence-corrected chi connectivity index (χ3v) is 3.77. The summed E-state index contributed by atoms with van der Waals surface area (Å²) in [4.78, 5) is 16.1. The number of anilines is 2. The van der Waals surface area contributed by atoms with Gasteiger partial charge in [-0.3, -0.25) is 4.79 Å². The number of benzene rings is 1. The second-order valence-electron chi connectivity index (χ2n) is 4.79. The maximum absolute atomic E-state index is 11.5. The van der Waals surface area contributed by atoms with Crippen molar-refractivity contribution in [3.05, 3.63) is 24.3 Å². The third-order valence-electron chi connectivity index (χ3n) is 3.25. The molecule has 0 bridgehead atoms. The molecule has 1 aromatic rings. The average Bonchev–Trinajstić information content (AvgIpc) is 2.39. The van der Waals surface area contributed by atoms with Crippen LogP contribution in [-0.4, -0.2) is 47.8 Å². The minimum absolute atomic E-state index is 0.610. The fraction of sp³-hybridized carbons (Fsp3) is 0.462. The maximum Gasteiger partial charge on any atom is 0.276 e. The molecule has 0 unspecified atom stereocenters. The van der Waals surface area contributed by atoms with Gasteiger partial charge in [-0.05, 0) is 31.3 Å². The second-order valence-corrected chi connectivity index (χ2v) is 7.07. The first kappa shape index (κ1) is 15.7. The van der Waals surface area contributed by atoms with Crippen molar-refractivity contribution in [2.45, 2.75) is 3.79 Å². The maximum atomic E-state index is 11.5. The van der Waals surface area contributed by atoms with Crippen LogP contribution in [0.4, 0.5) is 11.4 Å². The average molecular weight is 337 g/mol. The fourth-order valence-electron chi connectivity index (χ4n) is 2.02. The lowest BCUT2D eigenvalue weighted by molar-refractivity contribution is -0.115. The van der Waals surface area contributed by atoms with Crippen molar-refractivity contribution in [2.24, 2.45) is 0 Å². The SMILES string of the molecule is CN1CCN(c2ccc(NC(=O)C(Cl)(Cl)Cl)cc2)CC1. The molecule has 1 amide bonds. The Morgan fingerprint density at radius 1 is 1.10 bits per heavy atom. The number of hydrogen-bond acceptors (Lipinski definition) is 3. The van der Waals surface area contributed by atoms with E-state index in [0.717, 1.165) is 31.9 Å². The topological polar surface area (TPSA) is 35.6 Å². The summed E-state index contributed by atoms with van der Waals surface area (Å²) >= 11 is 16.5. The van der Waals surface area contributed by atoms with Crippen molar-refractivity contribution < 1.29 is 4.79 Å². The summed E-state index contributed by atoms with van der Waals surface area (Å²) in [7, 11) is 2.12. The molecule has 7 heteroatoms. The highest BCUT2D eigenvalue weighted by molar-refractivity contribution is 6.76. The molecule has 20 heavy (non-hydrogen) atoms. The van der Waals surface area contributed by atoms with Gasteiger partial charge < -0.3 is 15.1 Å². The Morgan fingerprint density at radius 2 is 1.65 bits per heavy atom.